The van der Waals surface area contributed by atoms with Crippen LogP contribution < -0.4 is 0 Å². The third-order valence-corrected chi connectivity index (χ3v) is 3.37. The summed E-state index contributed by atoms with van der Waals surface area (Å²) < 4.78 is 0. The van der Waals surface area contributed by atoms with E-state index in [1.165, 1.54) is 6.42 Å². The molecule has 0 radical (unpaired) electrons. The predicted molar refractivity (Wildman–Crippen MR) is 60.2 cm³/mol. The molecule has 80 valence electrons. The van der Waals surface area contributed by atoms with Gasteiger partial charge in [0.15, 0.2) is 5.78 Å². The summed E-state index contributed by atoms with van der Waals surface area (Å²) in [6, 6.07) is 0. The fourth-order valence-corrected chi connectivity index (χ4v) is 1.64. The molecular weight excluding hydrogens is 172 g/mol. The Balaban J connectivity index is 2.48. The van der Waals surface area contributed by atoms with Crippen molar-refractivity contribution in [2.24, 2.45) is 11.3 Å². The topological polar surface area (TPSA) is 17.1 Å². The van der Waals surface area contributed by atoms with Crippen LogP contribution in [0.2, 0.25) is 0 Å². The average Bonchev–Trinajstić information content (AvgIpc) is 2.53. The van der Waals surface area contributed by atoms with Crippen LogP contribution in [0.4, 0.5) is 0 Å². The van der Waals surface area contributed by atoms with Gasteiger partial charge in [-0.2, -0.15) is 0 Å². The first kappa shape index (κ1) is 11.5. The Bertz CT molecular complexity index is 242. The molecule has 0 N–H and O–H groups in total. The second-order valence-corrected chi connectivity index (χ2v) is 5.52. The number of hydrogen-bond donors (Lipinski definition) is 0. The Morgan fingerprint density at radius 3 is 2.57 bits per heavy atom. The maximum atomic E-state index is 11.8. The predicted octanol–water partition coefficient (Wildman–Crippen LogP) is 3.74. The van der Waals surface area contributed by atoms with Gasteiger partial charge in [0.2, 0.25) is 0 Å². The van der Waals surface area contributed by atoms with Gasteiger partial charge in [0, 0.05) is 6.42 Å². The standard InChI is InChI=1S/C13H22O/c1-10(13(2,3)4)9-12(14)11-7-5-6-8-11/h7,10H,5-6,8-9H2,1-4H3. The molecule has 0 bridgehead atoms. The van der Waals surface area contributed by atoms with Crippen LogP contribution in [0.15, 0.2) is 11.6 Å². The van der Waals surface area contributed by atoms with Gasteiger partial charge >= 0.3 is 0 Å². The average molecular weight is 194 g/mol. The van der Waals surface area contributed by atoms with Crippen LogP contribution in [-0.4, -0.2) is 5.78 Å². The highest BCUT2D eigenvalue weighted by atomic mass is 16.1. The summed E-state index contributed by atoms with van der Waals surface area (Å²) in [7, 11) is 0. The van der Waals surface area contributed by atoms with E-state index in [0.29, 0.717) is 11.7 Å². The lowest BCUT2D eigenvalue weighted by atomic mass is 9.78. The minimum atomic E-state index is 0.245. The highest BCUT2D eigenvalue weighted by Gasteiger charge is 2.24. The van der Waals surface area contributed by atoms with Gasteiger partial charge in [-0.05, 0) is 36.2 Å². The van der Waals surface area contributed by atoms with Gasteiger partial charge in [0.25, 0.3) is 0 Å². The lowest BCUT2D eigenvalue weighted by Gasteiger charge is -2.26. The Morgan fingerprint density at radius 2 is 2.14 bits per heavy atom. The van der Waals surface area contributed by atoms with Gasteiger partial charge in [-0.25, -0.2) is 0 Å². The Kier molecular flexibility index (Phi) is 3.52. The van der Waals surface area contributed by atoms with Crippen molar-refractivity contribution in [2.75, 3.05) is 0 Å². The van der Waals surface area contributed by atoms with Crippen LogP contribution in [0, 0.1) is 11.3 Å². The van der Waals surface area contributed by atoms with E-state index in [-0.39, 0.29) is 5.41 Å². The highest BCUT2D eigenvalue weighted by Crippen LogP contribution is 2.30. The van der Waals surface area contributed by atoms with Crippen molar-refractivity contribution in [1.82, 2.24) is 0 Å². The van der Waals surface area contributed by atoms with E-state index in [1.54, 1.807) is 0 Å². The van der Waals surface area contributed by atoms with Gasteiger partial charge in [-0.15, -0.1) is 0 Å². The van der Waals surface area contributed by atoms with Gasteiger partial charge in [-0.1, -0.05) is 33.8 Å². The smallest absolute Gasteiger partial charge is 0.158 e. The van der Waals surface area contributed by atoms with E-state index in [1.807, 2.05) is 0 Å². The summed E-state index contributed by atoms with van der Waals surface area (Å²) in [5.41, 5.74) is 1.33. The molecular formula is C13H22O. The third kappa shape index (κ3) is 2.97. The summed E-state index contributed by atoms with van der Waals surface area (Å²) in [5, 5.41) is 0. The van der Waals surface area contributed by atoms with Crippen LogP contribution in [-0.2, 0) is 4.79 Å². The summed E-state index contributed by atoms with van der Waals surface area (Å²) >= 11 is 0. The molecule has 1 rings (SSSR count). The van der Waals surface area contributed by atoms with Gasteiger partial charge < -0.3 is 0 Å². The normalized spacial score (nSPS) is 19.3. The molecule has 14 heavy (non-hydrogen) atoms. The van der Waals surface area contributed by atoms with E-state index >= 15 is 0 Å². The zero-order chi connectivity index (χ0) is 10.8. The molecule has 1 heteroatoms. The van der Waals surface area contributed by atoms with E-state index in [2.05, 4.69) is 33.8 Å². The van der Waals surface area contributed by atoms with Crippen LogP contribution >= 0.6 is 0 Å². The molecule has 1 aliphatic rings. The Labute approximate surface area is 87.6 Å². The summed E-state index contributed by atoms with van der Waals surface area (Å²) in [6.07, 6.45) is 6.12. The SMILES string of the molecule is CC(CC(=O)C1=CCCC1)C(C)(C)C. The van der Waals surface area contributed by atoms with Gasteiger partial charge in [0.1, 0.15) is 0 Å². The van der Waals surface area contributed by atoms with Crippen molar-refractivity contribution in [1.29, 1.82) is 0 Å². The summed E-state index contributed by atoms with van der Waals surface area (Å²) in [6.45, 7) is 8.78. The minimum Gasteiger partial charge on any atom is -0.295 e. The number of allylic oxidation sites excluding steroid dienone is 2. The van der Waals surface area contributed by atoms with Crippen molar-refractivity contribution in [3.63, 3.8) is 0 Å². The molecule has 0 amide bonds. The van der Waals surface area contributed by atoms with Crippen LogP contribution in [0.5, 0.6) is 0 Å². The largest absolute Gasteiger partial charge is 0.295 e. The first-order valence-corrected chi connectivity index (χ1v) is 5.63. The molecule has 0 saturated heterocycles. The third-order valence-electron chi connectivity index (χ3n) is 3.37. The first-order valence-electron chi connectivity index (χ1n) is 5.63. The number of hydrogen-bond acceptors (Lipinski definition) is 1. The molecule has 0 saturated carbocycles. The Hall–Kier alpha value is -0.590. The first-order chi connectivity index (χ1) is 6.41. The zero-order valence-electron chi connectivity index (χ0n) is 9.89. The molecule has 0 heterocycles. The molecule has 0 aromatic heterocycles. The summed E-state index contributed by atoms with van der Waals surface area (Å²) in [4.78, 5) is 11.8. The second-order valence-electron chi connectivity index (χ2n) is 5.52. The zero-order valence-corrected chi connectivity index (χ0v) is 9.89. The van der Waals surface area contributed by atoms with Crippen molar-refractivity contribution in [3.8, 4) is 0 Å². The van der Waals surface area contributed by atoms with Crippen LogP contribution in [0.1, 0.15) is 53.4 Å². The highest BCUT2D eigenvalue weighted by molar-refractivity contribution is 5.95. The van der Waals surface area contributed by atoms with Crippen LogP contribution in [0.25, 0.3) is 0 Å². The second kappa shape index (κ2) is 4.29. The lowest BCUT2D eigenvalue weighted by Crippen LogP contribution is -2.21. The molecule has 1 nitrogen and oxygen atoms in total. The maximum absolute atomic E-state index is 11.8. The van der Waals surface area contributed by atoms with Crippen molar-refractivity contribution in [2.45, 2.75) is 53.4 Å². The molecule has 0 spiro atoms. The number of ketones is 1. The molecule has 0 aromatic carbocycles. The molecule has 0 aromatic rings. The van der Waals surface area contributed by atoms with E-state index in [0.717, 1.165) is 24.8 Å². The fourth-order valence-electron chi connectivity index (χ4n) is 1.64. The molecule has 1 unspecified atom stereocenters. The Morgan fingerprint density at radius 1 is 1.50 bits per heavy atom. The minimum absolute atomic E-state index is 0.245. The van der Waals surface area contributed by atoms with E-state index < -0.39 is 0 Å². The number of rotatable bonds is 3. The lowest BCUT2D eigenvalue weighted by molar-refractivity contribution is -0.117. The van der Waals surface area contributed by atoms with Crippen LogP contribution in [0.3, 0.4) is 0 Å². The number of carbonyl (C=O) groups excluding carboxylic acids is 1. The quantitative estimate of drug-likeness (QED) is 0.669. The van der Waals surface area contributed by atoms with Gasteiger partial charge in [0.05, 0.1) is 0 Å². The van der Waals surface area contributed by atoms with Crippen molar-refractivity contribution < 1.29 is 4.79 Å². The number of carbonyl (C=O) groups is 1. The number of Topliss-reactive ketones (excluding diaryl/α,β-unsaturated/α-hetero) is 1. The van der Waals surface area contributed by atoms with E-state index in [4.69, 9.17) is 0 Å². The maximum Gasteiger partial charge on any atom is 0.158 e. The van der Waals surface area contributed by atoms with E-state index in [9.17, 15) is 4.79 Å². The molecule has 1 aliphatic carbocycles. The van der Waals surface area contributed by atoms with Crippen molar-refractivity contribution in [3.05, 3.63) is 11.6 Å². The summed E-state index contributed by atoms with van der Waals surface area (Å²) in [5.74, 6) is 0.849. The monoisotopic (exact) mass is 194 g/mol. The molecule has 0 aliphatic heterocycles. The molecule has 1 atom stereocenters. The molecule has 0 fully saturated rings. The van der Waals surface area contributed by atoms with Gasteiger partial charge in [-0.3, -0.25) is 4.79 Å². The fraction of sp³-hybridized carbons (Fsp3) is 0.769. The van der Waals surface area contributed by atoms with Crippen molar-refractivity contribution >= 4 is 5.78 Å².